The van der Waals surface area contributed by atoms with Crippen molar-refractivity contribution in [3.8, 4) is 11.3 Å². The highest BCUT2D eigenvalue weighted by Gasteiger charge is 2.14. The van der Waals surface area contributed by atoms with E-state index in [9.17, 15) is 0 Å². The average Bonchev–Trinajstić information content (AvgIpc) is 2.79. The van der Waals surface area contributed by atoms with E-state index in [4.69, 9.17) is 16.6 Å². The Morgan fingerprint density at radius 2 is 1.89 bits per heavy atom. The molecule has 0 unspecified atom stereocenters. The van der Waals surface area contributed by atoms with Gasteiger partial charge in [0, 0.05) is 15.7 Å². The monoisotopic (exact) mass is 334 g/mol. The summed E-state index contributed by atoms with van der Waals surface area (Å²) >= 11 is 9.58. The summed E-state index contributed by atoms with van der Waals surface area (Å²) in [7, 11) is 0. The number of aromatic nitrogens is 2. The number of imidazole rings is 1. The summed E-state index contributed by atoms with van der Waals surface area (Å²) in [6.07, 6.45) is 0. The third-order valence-corrected chi connectivity index (χ3v) is 3.96. The summed E-state index contributed by atoms with van der Waals surface area (Å²) in [5, 5.41) is 0. The van der Waals surface area contributed by atoms with Gasteiger partial charge < -0.3 is 0 Å². The van der Waals surface area contributed by atoms with Crippen LogP contribution in [0.15, 0.2) is 46.9 Å². The van der Waals surface area contributed by atoms with Crippen LogP contribution < -0.4 is 0 Å². The number of alkyl halides is 1. The molecule has 0 N–H and O–H groups in total. The molecular weight excluding hydrogens is 324 g/mol. The lowest BCUT2D eigenvalue weighted by molar-refractivity contribution is 1.03. The Hall–Kier alpha value is -1.32. The number of pyridine rings is 1. The van der Waals surface area contributed by atoms with Gasteiger partial charge in [-0.2, -0.15) is 0 Å². The van der Waals surface area contributed by atoms with Gasteiger partial charge in [0.25, 0.3) is 0 Å². The first-order chi connectivity index (χ1) is 9.20. The summed E-state index contributed by atoms with van der Waals surface area (Å²) in [4.78, 5) is 4.71. The first-order valence-corrected chi connectivity index (χ1v) is 7.32. The smallest absolute Gasteiger partial charge is 0.137 e. The van der Waals surface area contributed by atoms with Crippen LogP contribution in [-0.4, -0.2) is 9.38 Å². The molecule has 4 heteroatoms. The zero-order chi connectivity index (χ0) is 13.4. The van der Waals surface area contributed by atoms with Gasteiger partial charge in [0.2, 0.25) is 0 Å². The van der Waals surface area contributed by atoms with Gasteiger partial charge in [-0.3, -0.25) is 4.40 Å². The first-order valence-electron chi connectivity index (χ1n) is 5.99. The van der Waals surface area contributed by atoms with Crippen molar-refractivity contribution in [1.82, 2.24) is 9.38 Å². The van der Waals surface area contributed by atoms with Crippen molar-refractivity contribution in [1.29, 1.82) is 0 Å². The van der Waals surface area contributed by atoms with Crippen LogP contribution in [0.4, 0.5) is 0 Å². The van der Waals surface area contributed by atoms with Crippen LogP contribution >= 0.6 is 27.5 Å². The van der Waals surface area contributed by atoms with Crippen LogP contribution in [0.5, 0.6) is 0 Å². The number of halogens is 2. The molecule has 2 nitrogen and oxygen atoms in total. The van der Waals surface area contributed by atoms with Crippen LogP contribution in [0.25, 0.3) is 16.9 Å². The Kier molecular flexibility index (Phi) is 3.33. The normalized spacial score (nSPS) is 11.1. The Labute approximate surface area is 125 Å². The lowest BCUT2D eigenvalue weighted by Crippen LogP contribution is -1.95. The molecule has 0 aliphatic carbocycles. The summed E-state index contributed by atoms with van der Waals surface area (Å²) in [6.45, 7) is 2.07. The second-order valence-electron chi connectivity index (χ2n) is 4.41. The van der Waals surface area contributed by atoms with E-state index in [1.807, 2.05) is 24.3 Å². The maximum atomic E-state index is 6.14. The van der Waals surface area contributed by atoms with E-state index in [0.29, 0.717) is 5.88 Å². The van der Waals surface area contributed by atoms with Gasteiger partial charge in [-0.05, 0) is 31.2 Å². The van der Waals surface area contributed by atoms with Gasteiger partial charge in [-0.25, -0.2) is 4.98 Å². The van der Waals surface area contributed by atoms with Crippen LogP contribution in [0.1, 0.15) is 11.4 Å². The summed E-state index contributed by atoms with van der Waals surface area (Å²) in [5.74, 6) is 0.442. The largest absolute Gasteiger partial charge is 0.299 e. The number of fused-ring (bicyclic) bond motifs is 1. The summed E-state index contributed by atoms with van der Waals surface area (Å²) in [5.41, 5.74) is 5.16. The van der Waals surface area contributed by atoms with Crippen LogP contribution in [0, 0.1) is 6.92 Å². The van der Waals surface area contributed by atoms with E-state index >= 15 is 0 Å². The Bertz CT molecular complexity index is 732. The Morgan fingerprint density at radius 1 is 1.16 bits per heavy atom. The molecule has 19 heavy (non-hydrogen) atoms. The minimum atomic E-state index is 0.442. The minimum Gasteiger partial charge on any atom is -0.299 e. The molecule has 0 amide bonds. The maximum Gasteiger partial charge on any atom is 0.137 e. The molecule has 0 radical (unpaired) electrons. The highest BCUT2D eigenvalue weighted by atomic mass is 79.9. The third kappa shape index (κ3) is 2.17. The van der Waals surface area contributed by atoms with Crippen LogP contribution in [0.3, 0.4) is 0 Å². The van der Waals surface area contributed by atoms with Gasteiger partial charge in [-0.1, -0.05) is 34.1 Å². The average molecular weight is 336 g/mol. The molecular formula is C15H12BrClN2. The molecule has 96 valence electrons. The number of hydrogen-bond acceptors (Lipinski definition) is 1. The van der Waals surface area contributed by atoms with Crippen LogP contribution in [0.2, 0.25) is 0 Å². The molecule has 0 saturated carbocycles. The SMILES string of the molecule is Cc1cccc2nc(-c3ccc(Br)cc3)c(CCl)n12. The van der Waals surface area contributed by atoms with E-state index in [1.165, 1.54) is 0 Å². The molecule has 0 spiro atoms. The predicted molar refractivity (Wildman–Crippen MR) is 82.6 cm³/mol. The van der Waals surface area contributed by atoms with E-state index in [1.54, 1.807) is 0 Å². The molecule has 2 heterocycles. The molecule has 0 saturated heterocycles. The van der Waals surface area contributed by atoms with Gasteiger partial charge in [0.05, 0.1) is 17.3 Å². The summed E-state index contributed by atoms with van der Waals surface area (Å²) in [6, 6.07) is 14.2. The van der Waals surface area contributed by atoms with Gasteiger partial charge in [0.1, 0.15) is 5.65 Å². The second-order valence-corrected chi connectivity index (χ2v) is 5.59. The molecule has 3 rings (SSSR count). The van der Waals surface area contributed by atoms with Crippen LogP contribution in [-0.2, 0) is 5.88 Å². The zero-order valence-electron chi connectivity index (χ0n) is 10.4. The van der Waals surface area contributed by atoms with E-state index in [0.717, 1.165) is 32.8 Å². The standard InChI is InChI=1S/C15H12BrClN2/c1-10-3-2-4-14-18-15(13(9-17)19(10)14)11-5-7-12(16)8-6-11/h2-8H,9H2,1H3. The molecule has 0 aliphatic rings. The fourth-order valence-electron chi connectivity index (χ4n) is 2.29. The molecule has 0 aliphatic heterocycles. The Morgan fingerprint density at radius 3 is 2.58 bits per heavy atom. The lowest BCUT2D eigenvalue weighted by Gasteiger charge is -2.04. The highest BCUT2D eigenvalue weighted by Crippen LogP contribution is 2.27. The molecule has 2 aromatic heterocycles. The molecule has 1 aromatic carbocycles. The molecule has 0 bridgehead atoms. The fraction of sp³-hybridized carbons (Fsp3) is 0.133. The zero-order valence-corrected chi connectivity index (χ0v) is 12.7. The van der Waals surface area contributed by atoms with Crippen molar-refractivity contribution in [3.05, 3.63) is 58.3 Å². The van der Waals surface area contributed by atoms with E-state index in [-0.39, 0.29) is 0 Å². The number of hydrogen-bond donors (Lipinski definition) is 0. The van der Waals surface area contributed by atoms with Crippen molar-refractivity contribution in [3.63, 3.8) is 0 Å². The van der Waals surface area contributed by atoms with Crippen molar-refractivity contribution < 1.29 is 0 Å². The number of benzene rings is 1. The maximum absolute atomic E-state index is 6.14. The number of nitrogens with zero attached hydrogens (tertiary/aromatic N) is 2. The predicted octanol–water partition coefficient (Wildman–Crippen LogP) is 4.81. The van der Waals surface area contributed by atoms with Gasteiger partial charge in [0.15, 0.2) is 0 Å². The topological polar surface area (TPSA) is 17.3 Å². The van der Waals surface area contributed by atoms with Crippen molar-refractivity contribution in [2.75, 3.05) is 0 Å². The molecule has 0 fully saturated rings. The highest BCUT2D eigenvalue weighted by molar-refractivity contribution is 9.10. The van der Waals surface area contributed by atoms with Crippen molar-refractivity contribution in [2.24, 2.45) is 0 Å². The van der Waals surface area contributed by atoms with Gasteiger partial charge in [-0.15, -0.1) is 11.6 Å². The molecule has 0 atom stereocenters. The van der Waals surface area contributed by atoms with Crippen molar-refractivity contribution >= 4 is 33.2 Å². The summed E-state index contributed by atoms with van der Waals surface area (Å²) < 4.78 is 3.17. The van der Waals surface area contributed by atoms with E-state index in [2.05, 4.69) is 45.5 Å². The number of aryl methyl sites for hydroxylation is 1. The number of rotatable bonds is 2. The molecule has 3 aromatic rings. The fourth-order valence-corrected chi connectivity index (χ4v) is 2.80. The quantitative estimate of drug-likeness (QED) is 0.614. The minimum absolute atomic E-state index is 0.442. The second kappa shape index (κ2) is 4.99. The van der Waals surface area contributed by atoms with Crippen molar-refractivity contribution in [2.45, 2.75) is 12.8 Å². The first kappa shape index (κ1) is 12.7. The lowest BCUT2D eigenvalue weighted by atomic mass is 10.1. The third-order valence-electron chi connectivity index (χ3n) is 3.18. The Balaban J connectivity index is 2.29. The van der Waals surface area contributed by atoms with E-state index < -0.39 is 0 Å². The van der Waals surface area contributed by atoms with Gasteiger partial charge >= 0.3 is 0 Å².